The molecule has 2 amide bonds. The third-order valence-electron chi connectivity index (χ3n) is 3.30. The number of halogens is 1. The second-order valence-corrected chi connectivity index (χ2v) is 5.87. The molecular weight excluding hydrogens is 304 g/mol. The lowest BCUT2D eigenvalue weighted by molar-refractivity contribution is -0.143. The standard InChI is InChI=1S/C16H23ClN2O3/c1-11(2)16(22)19(12(3)15(21)18-8-9-20)10-13-4-6-14(17)7-5-13/h4-7,11-12,20H,8-10H2,1-3H3,(H,18,21)/t12-/m0/s1. The van der Waals surface area contributed by atoms with Gasteiger partial charge in [0.1, 0.15) is 6.04 Å². The van der Waals surface area contributed by atoms with Crippen LogP contribution in [0.2, 0.25) is 5.02 Å². The molecule has 2 N–H and O–H groups in total. The van der Waals surface area contributed by atoms with E-state index >= 15 is 0 Å². The van der Waals surface area contributed by atoms with Crippen LogP contribution in [-0.2, 0) is 16.1 Å². The van der Waals surface area contributed by atoms with Gasteiger partial charge in [-0.15, -0.1) is 0 Å². The fourth-order valence-electron chi connectivity index (χ4n) is 1.99. The molecule has 0 bridgehead atoms. The van der Waals surface area contributed by atoms with Crippen LogP contribution in [-0.4, -0.2) is 41.0 Å². The van der Waals surface area contributed by atoms with Gasteiger partial charge in [0.25, 0.3) is 0 Å². The third kappa shape index (κ3) is 5.31. The number of hydrogen-bond acceptors (Lipinski definition) is 3. The molecule has 0 saturated heterocycles. The highest BCUT2D eigenvalue weighted by Gasteiger charge is 2.27. The van der Waals surface area contributed by atoms with E-state index in [0.717, 1.165) is 5.56 Å². The molecule has 0 aliphatic heterocycles. The summed E-state index contributed by atoms with van der Waals surface area (Å²) in [6.45, 7) is 5.66. The minimum Gasteiger partial charge on any atom is -0.395 e. The average Bonchev–Trinajstić information content (AvgIpc) is 2.50. The molecule has 0 heterocycles. The molecule has 5 nitrogen and oxygen atoms in total. The minimum atomic E-state index is -0.614. The highest BCUT2D eigenvalue weighted by atomic mass is 35.5. The van der Waals surface area contributed by atoms with E-state index in [4.69, 9.17) is 16.7 Å². The predicted octanol–water partition coefficient (Wildman–Crippen LogP) is 1.82. The zero-order valence-electron chi connectivity index (χ0n) is 13.2. The van der Waals surface area contributed by atoms with Gasteiger partial charge >= 0.3 is 0 Å². The van der Waals surface area contributed by atoms with Crippen LogP contribution < -0.4 is 5.32 Å². The van der Waals surface area contributed by atoms with Crippen LogP contribution in [0, 0.1) is 5.92 Å². The Hall–Kier alpha value is -1.59. The minimum absolute atomic E-state index is 0.0957. The van der Waals surface area contributed by atoms with Crippen molar-refractivity contribution in [1.82, 2.24) is 10.2 Å². The van der Waals surface area contributed by atoms with Gasteiger partial charge in [0.15, 0.2) is 0 Å². The lowest BCUT2D eigenvalue weighted by atomic mass is 10.1. The number of rotatable bonds is 7. The summed E-state index contributed by atoms with van der Waals surface area (Å²) in [7, 11) is 0. The summed E-state index contributed by atoms with van der Waals surface area (Å²) in [6, 6.07) is 6.57. The Bertz CT molecular complexity index is 503. The van der Waals surface area contributed by atoms with E-state index in [1.807, 2.05) is 12.1 Å². The van der Waals surface area contributed by atoms with Crippen molar-refractivity contribution in [3.8, 4) is 0 Å². The number of nitrogens with one attached hydrogen (secondary N) is 1. The fraction of sp³-hybridized carbons (Fsp3) is 0.500. The number of nitrogens with zero attached hydrogens (tertiary/aromatic N) is 1. The summed E-state index contributed by atoms with van der Waals surface area (Å²) in [5.74, 6) is -0.584. The fourth-order valence-corrected chi connectivity index (χ4v) is 2.12. The topological polar surface area (TPSA) is 69.6 Å². The van der Waals surface area contributed by atoms with Crippen molar-refractivity contribution in [3.63, 3.8) is 0 Å². The van der Waals surface area contributed by atoms with E-state index < -0.39 is 6.04 Å². The first-order chi connectivity index (χ1) is 10.4. The van der Waals surface area contributed by atoms with Crippen LogP contribution in [0.5, 0.6) is 0 Å². The Morgan fingerprint density at radius 2 is 1.82 bits per heavy atom. The molecule has 0 aliphatic rings. The maximum atomic E-state index is 12.4. The Morgan fingerprint density at radius 1 is 1.23 bits per heavy atom. The number of aliphatic hydroxyl groups excluding tert-OH is 1. The van der Waals surface area contributed by atoms with Gasteiger partial charge in [-0.3, -0.25) is 9.59 Å². The molecule has 6 heteroatoms. The summed E-state index contributed by atoms with van der Waals surface area (Å²) in [6.07, 6.45) is 0. The SMILES string of the molecule is CC(C)C(=O)N(Cc1ccc(Cl)cc1)[C@@H](C)C(=O)NCCO. The molecule has 0 saturated carbocycles. The molecule has 0 aliphatic carbocycles. The number of amides is 2. The molecule has 1 aromatic rings. The highest BCUT2D eigenvalue weighted by Crippen LogP contribution is 2.15. The summed E-state index contributed by atoms with van der Waals surface area (Å²) >= 11 is 5.86. The van der Waals surface area contributed by atoms with Gasteiger partial charge in [-0.05, 0) is 24.6 Å². The van der Waals surface area contributed by atoms with Crippen molar-refractivity contribution in [2.45, 2.75) is 33.4 Å². The molecular formula is C16H23ClN2O3. The smallest absolute Gasteiger partial charge is 0.242 e. The van der Waals surface area contributed by atoms with Crippen molar-refractivity contribution in [2.75, 3.05) is 13.2 Å². The first-order valence-corrected chi connectivity index (χ1v) is 7.68. The Morgan fingerprint density at radius 3 is 2.32 bits per heavy atom. The lowest BCUT2D eigenvalue weighted by Crippen LogP contribution is -2.49. The maximum absolute atomic E-state index is 12.4. The van der Waals surface area contributed by atoms with E-state index in [1.165, 1.54) is 0 Å². The molecule has 0 fully saturated rings. The van der Waals surface area contributed by atoms with Crippen molar-refractivity contribution < 1.29 is 14.7 Å². The van der Waals surface area contributed by atoms with Crippen molar-refractivity contribution in [1.29, 1.82) is 0 Å². The number of benzene rings is 1. The number of carbonyl (C=O) groups is 2. The molecule has 122 valence electrons. The zero-order valence-corrected chi connectivity index (χ0v) is 13.9. The van der Waals surface area contributed by atoms with Crippen LogP contribution in [0.3, 0.4) is 0 Å². The van der Waals surface area contributed by atoms with Gasteiger partial charge < -0.3 is 15.3 Å². The molecule has 1 aromatic carbocycles. The van der Waals surface area contributed by atoms with Crippen LogP contribution in [0.15, 0.2) is 24.3 Å². The van der Waals surface area contributed by atoms with E-state index in [2.05, 4.69) is 5.32 Å². The second-order valence-electron chi connectivity index (χ2n) is 5.44. The van der Waals surface area contributed by atoms with E-state index in [-0.39, 0.29) is 30.9 Å². The monoisotopic (exact) mass is 326 g/mol. The summed E-state index contributed by atoms with van der Waals surface area (Å²) < 4.78 is 0. The third-order valence-corrected chi connectivity index (χ3v) is 3.55. The first-order valence-electron chi connectivity index (χ1n) is 7.30. The van der Waals surface area contributed by atoms with Crippen molar-refractivity contribution in [3.05, 3.63) is 34.9 Å². The van der Waals surface area contributed by atoms with Gasteiger partial charge in [0, 0.05) is 24.0 Å². The first kappa shape index (κ1) is 18.5. The molecule has 0 radical (unpaired) electrons. The van der Waals surface area contributed by atoms with Gasteiger partial charge in [-0.2, -0.15) is 0 Å². The summed E-state index contributed by atoms with van der Waals surface area (Å²) in [5.41, 5.74) is 0.903. The zero-order chi connectivity index (χ0) is 16.7. The molecule has 0 unspecified atom stereocenters. The van der Waals surface area contributed by atoms with Crippen molar-refractivity contribution in [2.24, 2.45) is 5.92 Å². The molecule has 0 spiro atoms. The normalized spacial score (nSPS) is 12.1. The molecule has 1 rings (SSSR count). The van der Waals surface area contributed by atoms with Crippen LogP contribution >= 0.6 is 11.6 Å². The van der Waals surface area contributed by atoms with Gasteiger partial charge in [0.2, 0.25) is 11.8 Å². The van der Waals surface area contributed by atoms with Crippen LogP contribution in [0.4, 0.5) is 0 Å². The van der Waals surface area contributed by atoms with Crippen LogP contribution in [0.1, 0.15) is 26.3 Å². The van der Waals surface area contributed by atoms with Gasteiger partial charge in [-0.25, -0.2) is 0 Å². The lowest BCUT2D eigenvalue weighted by Gasteiger charge is -2.30. The number of hydrogen-bond donors (Lipinski definition) is 2. The predicted molar refractivity (Wildman–Crippen MR) is 86.4 cm³/mol. The second kappa shape index (κ2) is 8.76. The van der Waals surface area contributed by atoms with Gasteiger partial charge in [-0.1, -0.05) is 37.6 Å². The van der Waals surface area contributed by atoms with Crippen LogP contribution in [0.25, 0.3) is 0 Å². The number of aliphatic hydroxyl groups is 1. The quantitative estimate of drug-likeness (QED) is 0.803. The van der Waals surface area contributed by atoms with E-state index in [9.17, 15) is 9.59 Å². The average molecular weight is 327 g/mol. The summed E-state index contributed by atoms with van der Waals surface area (Å²) in [4.78, 5) is 26.0. The number of carbonyl (C=O) groups excluding carboxylic acids is 2. The maximum Gasteiger partial charge on any atom is 0.242 e. The van der Waals surface area contributed by atoms with E-state index in [1.54, 1.807) is 37.8 Å². The van der Waals surface area contributed by atoms with Crippen molar-refractivity contribution >= 4 is 23.4 Å². The Balaban J connectivity index is 2.90. The Labute approximate surface area is 136 Å². The molecule has 0 aromatic heterocycles. The van der Waals surface area contributed by atoms with Gasteiger partial charge in [0.05, 0.1) is 6.61 Å². The summed E-state index contributed by atoms with van der Waals surface area (Å²) in [5, 5.41) is 12.0. The Kier molecular flexibility index (Phi) is 7.35. The largest absolute Gasteiger partial charge is 0.395 e. The molecule has 1 atom stereocenters. The highest BCUT2D eigenvalue weighted by molar-refractivity contribution is 6.30. The van der Waals surface area contributed by atoms with E-state index in [0.29, 0.717) is 11.6 Å². The molecule has 22 heavy (non-hydrogen) atoms.